The molecule has 1 amide bonds. The molecule has 1 aromatic carbocycles. The van der Waals surface area contributed by atoms with Crippen LogP contribution in [0.15, 0.2) is 35.1 Å². The molecule has 8 heteroatoms. The van der Waals surface area contributed by atoms with E-state index in [4.69, 9.17) is 4.74 Å². The number of hydrogen-bond acceptors (Lipinski definition) is 6. The standard InChI is InChI=1S/C18H23N5O3/c1-2-26-18(25)23-10-8-14(9-11-23)19-17-20-16(24)15(21-22-17)12-13-6-4-3-5-7-13/h3-7,14H,2,8-12H2,1H3,(H2,19,20,22,24). The van der Waals surface area contributed by atoms with Crippen molar-refractivity contribution in [1.82, 2.24) is 20.1 Å². The Labute approximate surface area is 151 Å². The van der Waals surface area contributed by atoms with Crippen LogP contribution in [0.1, 0.15) is 31.0 Å². The molecule has 0 atom stereocenters. The van der Waals surface area contributed by atoms with Crippen LogP contribution in [0.25, 0.3) is 0 Å². The molecule has 3 rings (SSSR count). The van der Waals surface area contributed by atoms with E-state index in [2.05, 4.69) is 20.5 Å². The molecule has 2 heterocycles. The molecule has 0 spiro atoms. The number of carbonyl (C=O) groups is 1. The van der Waals surface area contributed by atoms with Crippen LogP contribution in [0.2, 0.25) is 0 Å². The highest BCUT2D eigenvalue weighted by Gasteiger charge is 2.24. The summed E-state index contributed by atoms with van der Waals surface area (Å²) in [4.78, 5) is 28.4. The van der Waals surface area contributed by atoms with Gasteiger partial charge in [-0.1, -0.05) is 30.3 Å². The van der Waals surface area contributed by atoms with Crippen molar-refractivity contribution in [2.45, 2.75) is 32.2 Å². The second kappa shape index (κ2) is 8.46. The molecular formula is C18H23N5O3. The summed E-state index contributed by atoms with van der Waals surface area (Å²) in [6.45, 7) is 3.40. The van der Waals surface area contributed by atoms with Gasteiger partial charge in [0.25, 0.3) is 5.56 Å². The molecule has 0 saturated carbocycles. The van der Waals surface area contributed by atoms with Crippen LogP contribution in [0.3, 0.4) is 0 Å². The molecule has 8 nitrogen and oxygen atoms in total. The Hall–Kier alpha value is -2.90. The highest BCUT2D eigenvalue weighted by molar-refractivity contribution is 5.67. The summed E-state index contributed by atoms with van der Waals surface area (Å²) < 4.78 is 5.01. The largest absolute Gasteiger partial charge is 0.450 e. The van der Waals surface area contributed by atoms with Crippen LogP contribution in [-0.4, -0.2) is 51.9 Å². The van der Waals surface area contributed by atoms with E-state index in [1.807, 2.05) is 30.3 Å². The number of H-pyrrole nitrogens is 1. The molecule has 1 aromatic heterocycles. The van der Waals surface area contributed by atoms with Gasteiger partial charge in [0.2, 0.25) is 5.95 Å². The highest BCUT2D eigenvalue weighted by atomic mass is 16.6. The predicted molar refractivity (Wildman–Crippen MR) is 97.1 cm³/mol. The summed E-state index contributed by atoms with van der Waals surface area (Å²) in [6, 6.07) is 9.81. The Morgan fingerprint density at radius 2 is 2.00 bits per heavy atom. The maximum absolute atomic E-state index is 12.2. The predicted octanol–water partition coefficient (Wildman–Crippen LogP) is 1.79. The topological polar surface area (TPSA) is 100 Å². The Kier molecular flexibility index (Phi) is 5.83. The maximum Gasteiger partial charge on any atom is 0.409 e. The summed E-state index contributed by atoms with van der Waals surface area (Å²) >= 11 is 0. The molecule has 1 aliphatic rings. The summed E-state index contributed by atoms with van der Waals surface area (Å²) in [5.74, 6) is 0.362. The van der Waals surface area contributed by atoms with Crippen molar-refractivity contribution in [3.63, 3.8) is 0 Å². The van der Waals surface area contributed by atoms with E-state index in [9.17, 15) is 9.59 Å². The zero-order valence-corrected chi connectivity index (χ0v) is 14.8. The quantitative estimate of drug-likeness (QED) is 0.846. The first kappa shape index (κ1) is 17.9. The Balaban J connectivity index is 1.55. The first-order valence-corrected chi connectivity index (χ1v) is 8.83. The number of benzene rings is 1. The van der Waals surface area contributed by atoms with Gasteiger partial charge in [-0.05, 0) is 25.3 Å². The van der Waals surface area contributed by atoms with Gasteiger partial charge in [0.1, 0.15) is 5.69 Å². The van der Waals surface area contributed by atoms with E-state index in [-0.39, 0.29) is 17.7 Å². The number of anilines is 1. The molecule has 138 valence electrons. The summed E-state index contributed by atoms with van der Waals surface area (Å²) in [6.07, 6.45) is 1.69. The van der Waals surface area contributed by atoms with Crippen molar-refractivity contribution in [3.8, 4) is 0 Å². The zero-order chi connectivity index (χ0) is 18.4. The smallest absolute Gasteiger partial charge is 0.409 e. The molecule has 1 fully saturated rings. The number of nitrogens with zero attached hydrogens (tertiary/aromatic N) is 3. The molecule has 2 N–H and O–H groups in total. The second-order valence-corrected chi connectivity index (χ2v) is 6.22. The Bertz CT molecular complexity index is 785. The molecule has 0 unspecified atom stereocenters. The van der Waals surface area contributed by atoms with Gasteiger partial charge >= 0.3 is 6.09 Å². The number of piperidine rings is 1. The fourth-order valence-electron chi connectivity index (χ4n) is 2.94. The molecule has 0 radical (unpaired) electrons. The fourth-order valence-corrected chi connectivity index (χ4v) is 2.94. The summed E-state index contributed by atoms with van der Waals surface area (Å²) in [5.41, 5.74) is 1.16. The van der Waals surface area contributed by atoms with Gasteiger partial charge in [-0.25, -0.2) is 4.79 Å². The van der Waals surface area contributed by atoms with Crippen LogP contribution in [-0.2, 0) is 11.2 Å². The SMILES string of the molecule is CCOC(=O)N1CCC(Nc2nnc(Cc3ccccc3)c(=O)[nH]2)CC1. The number of aromatic amines is 1. The van der Waals surface area contributed by atoms with Crippen molar-refractivity contribution in [2.24, 2.45) is 0 Å². The van der Waals surface area contributed by atoms with Crippen molar-refractivity contribution in [2.75, 3.05) is 25.0 Å². The number of amides is 1. The van der Waals surface area contributed by atoms with Gasteiger partial charge in [0.05, 0.1) is 6.61 Å². The number of ether oxygens (including phenoxy) is 1. The normalized spacial score (nSPS) is 14.9. The Morgan fingerprint density at radius 3 is 2.65 bits per heavy atom. The first-order valence-electron chi connectivity index (χ1n) is 8.83. The second-order valence-electron chi connectivity index (χ2n) is 6.22. The van der Waals surface area contributed by atoms with E-state index >= 15 is 0 Å². The Morgan fingerprint density at radius 1 is 1.27 bits per heavy atom. The molecule has 26 heavy (non-hydrogen) atoms. The number of rotatable bonds is 5. The fraction of sp³-hybridized carbons (Fsp3) is 0.444. The third kappa shape index (κ3) is 4.59. The number of carbonyl (C=O) groups excluding carboxylic acids is 1. The minimum Gasteiger partial charge on any atom is -0.450 e. The van der Waals surface area contributed by atoms with Gasteiger partial charge in [0.15, 0.2) is 0 Å². The molecule has 0 bridgehead atoms. The summed E-state index contributed by atoms with van der Waals surface area (Å²) in [5, 5.41) is 11.4. The maximum atomic E-state index is 12.2. The number of aromatic nitrogens is 3. The summed E-state index contributed by atoms with van der Waals surface area (Å²) in [7, 11) is 0. The third-order valence-corrected chi connectivity index (χ3v) is 4.34. The van der Waals surface area contributed by atoms with E-state index < -0.39 is 0 Å². The van der Waals surface area contributed by atoms with Gasteiger partial charge < -0.3 is 15.0 Å². The molecule has 1 saturated heterocycles. The molecule has 2 aromatic rings. The molecule has 0 aliphatic carbocycles. The highest BCUT2D eigenvalue weighted by Crippen LogP contribution is 2.14. The van der Waals surface area contributed by atoms with Crippen molar-refractivity contribution in [3.05, 3.63) is 51.9 Å². The molecule has 1 aliphatic heterocycles. The van der Waals surface area contributed by atoms with Gasteiger partial charge in [0, 0.05) is 25.6 Å². The van der Waals surface area contributed by atoms with E-state index in [1.165, 1.54) is 0 Å². The van der Waals surface area contributed by atoms with Crippen LogP contribution in [0.5, 0.6) is 0 Å². The molecular weight excluding hydrogens is 334 g/mol. The van der Waals surface area contributed by atoms with Crippen LogP contribution >= 0.6 is 0 Å². The van der Waals surface area contributed by atoms with Crippen molar-refractivity contribution >= 4 is 12.0 Å². The van der Waals surface area contributed by atoms with E-state index in [1.54, 1.807) is 11.8 Å². The van der Waals surface area contributed by atoms with Crippen molar-refractivity contribution < 1.29 is 9.53 Å². The van der Waals surface area contributed by atoms with Gasteiger partial charge in [-0.3, -0.25) is 9.78 Å². The van der Waals surface area contributed by atoms with Crippen LogP contribution in [0.4, 0.5) is 10.7 Å². The lowest BCUT2D eigenvalue weighted by molar-refractivity contribution is 0.0983. The first-order chi connectivity index (χ1) is 12.7. The average Bonchev–Trinajstić information content (AvgIpc) is 2.66. The minimum absolute atomic E-state index is 0.130. The van der Waals surface area contributed by atoms with Gasteiger partial charge in [-0.15, -0.1) is 10.2 Å². The minimum atomic E-state index is -0.274. The van der Waals surface area contributed by atoms with Gasteiger partial charge in [-0.2, -0.15) is 0 Å². The number of nitrogens with one attached hydrogen (secondary N) is 2. The average molecular weight is 357 g/mol. The van der Waals surface area contributed by atoms with Crippen molar-refractivity contribution in [1.29, 1.82) is 0 Å². The number of hydrogen-bond donors (Lipinski definition) is 2. The monoisotopic (exact) mass is 357 g/mol. The van der Waals surface area contributed by atoms with E-state index in [0.717, 1.165) is 18.4 Å². The van der Waals surface area contributed by atoms with Crippen LogP contribution < -0.4 is 10.9 Å². The lowest BCUT2D eigenvalue weighted by Crippen LogP contribution is -2.43. The third-order valence-electron chi connectivity index (χ3n) is 4.34. The number of likely N-dealkylation sites (tertiary alicyclic amines) is 1. The van der Waals surface area contributed by atoms with E-state index in [0.29, 0.717) is 37.8 Å². The lowest BCUT2D eigenvalue weighted by atomic mass is 10.1. The van der Waals surface area contributed by atoms with Crippen LogP contribution in [0, 0.1) is 0 Å². The zero-order valence-electron chi connectivity index (χ0n) is 14.8. The lowest BCUT2D eigenvalue weighted by Gasteiger charge is -2.31.